The molecule has 2 aromatic carbocycles. The van der Waals surface area contributed by atoms with Crippen LogP contribution in [0.5, 0.6) is 5.75 Å². The molecule has 1 N–H and O–H groups in total. The summed E-state index contributed by atoms with van der Waals surface area (Å²) >= 11 is 0. The Bertz CT molecular complexity index is 1440. The van der Waals surface area contributed by atoms with Crippen molar-refractivity contribution >= 4 is 17.7 Å². The molecule has 1 atom stereocenters. The van der Waals surface area contributed by atoms with Gasteiger partial charge in [0.25, 0.3) is 0 Å². The number of hydrogen-bond acceptors (Lipinski definition) is 4. The molecule has 0 radical (unpaired) electrons. The lowest BCUT2D eigenvalue weighted by molar-refractivity contribution is -0.143. The maximum absolute atomic E-state index is 14.0. The number of aromatic nitrogens is 2. The van der Waals surface area contributed by atoms with Crippen LogP contribution in [0.3, 0.4) is 0 Å². The molecule has 8 nitrogen and oxygen atoms in total. The summed E-state index contributed by atoms with van der Waals surface area (Å²) in [6, 6.07) is 3.12. The minimum atomic E-state index is -5.45. The summed E-state index contributed by atoms with van der Waals surface area (Å²) in [6.45, 7) is 0.210. The van der Waals surface area contributed by atoms with E-state index in [1.807, 2.05) is 0 Å². The van der Waals surface area contributed by atoms with E-state index >= 15 is 0 Å². The number of hydrogen-bond donors (Lipinski definition) is 1. The van der Waals surface area contributed by atoms with Crippen LogP contribution in [0.1, 0.15) is 23.6 Å². The molecule has 1 aromatic heterocycles. The van der Waals surface area contributed by atoms with Crippen LogP contribution in [0.4, 0.5) is 41.2 Å². The van der Waals surface area contributed by atoms with Crippen LogP contribution < -0.4 is 20.6 Å². The maximum Gasteiger partial charge on any atom is 0.420 e. The van der Waals surface area contributed by atoms with Gasteiger partial charge in [-0.1, -0.05) is 0 Å². The highest BCUT2D eigenvalue weighted by molar-refractivity contribution is 5.89. The molecule has 1 aliphatic rings. The summed E-state index contributed by atoms with van der Waals surface area (Å²) in [5, 5.41) is 2.47. The van der Waals surface area contributed by atoms with Crippen LogP contribution in [0.2, 0.25) is 0 Å². The third-order valence-electron chi connectivity index (χ3n) is 5.80. The fourth-order valence-corrected chi connectivity index (χ4v) is 3.86. The van der Waals surface area contributed by atoms with E-state index in [0.29, 0.717) is 9.47 Å². The second kappa shape index (κ2) is 9.54. The molecule has 1 aliphatic heterocycles. The van der Waals surface area contributed by atoms with Crippen LogP contribution >= 0.6 is 0 Å². The molecule has 4 rings (SSSR count). The van der Waals surface area contributed by atoms with Gasteiger partial charge in [0.1, 0.15) is 17.4 Å². The Kier molecular flexibility index (Phi) is 6.71. The van der Waals surface area contributed by atoms with Gasteiger partial charge < -0.3 is 10.1 Å². The summed E-state index contributed by atoms with van der Waals surface area (Å²) in [4.78, 5) is 38.5. The second-order valence-corrected chi connectivity index (χ2v) is 8.22. The zero-order valence-corrected chi connectivity index (χ0v) is 19.2. The molecule has 0 saturated carbocycles. The Hall–Kier alpha value is -4.30. The molecule has 38 heavy (non-hydrogen) atoms. The summed E-state index contributed by atoms with van der Waals surface area (Å²) in [5.74, 6) is -2.60. The van der Waals surface area contributed by atoms with Crippen molar-refractivity contribution < 1.29 is 45.1 Å². The van der Waals surface area contributed by atoms with Crippen LogP contribution in [-0.4, -0.2) is 34.7 Å². The second-order valence-electron chi connectivity index (χ2n) is 8.22. The van der Waals surface area contributed by atoms with Crippen LogP contribution in [0.15, 0.2) is 53.6 Å². The van der Waals surface area contributed by atoms with Crippen molar-refractivity contribution in [3.8, 4) is 11.4 Å². The van der Waals surface area contributed by atoms with Crippen molar-refractivity contribution in [3.63, 3.8) is 0 Å². The van der Waals surface area contributed by atoms with Crippen molar-refractivity contribution in [2.45, 2.75) is 24.8 Å². The number of benzene rings is 2. The summed E-state index contributed by atoms with van der Waals surface area (Å²) in [6.07, 6.45) is -10.1. The first kappa shape index (κ1) is 26.8. The number of carbonyl (C=O) groups is 2. The van der Waals surface area contributed by atoms with Crippen molar-refractivity contribution in [2.75, 3.05) is 18.5 Å². The number of carbonyl (C=O) groups excluding carboxylic acids is 2. The molecule has 0 aliphatic carbocycles. The third-order valence-corrected chi connectivity index (χ3v) is 5.80. The Balaban J connectivity index is 1.89. The van der Waals surface area contributed by atoms with Crippen molar-refractivity contribution in [1.82, 2.24) is 14.5 Å². The minimum Gasteiger partial charge on any atom is -0.407 e. The molecule has 2 amide bonds. The van der Waals surface area contributed by atoms with Crippen molar-refractivity contribution in [2.24, 2.45) is 0 Å². The summed E-state index contributed by atoms with van der Waals surface area (Å²) in [5.41, 5.74) is -5.90. The lowest BCUT2D eigenvalue weighted by atomic mass is 10.1. The monoisotopic (exact) mass is 546 g/mol. The smallest absolute Gasteiger partial charge is 0.407 e. The number of alkyl halides is 6. The fraction of sp³-hybridized carbons (Fsp3) is 0.261. The van der Waals surface area contributed by atoms with Gasteiger partial charge in [-0.2, -0.15) is 26.3 Å². The number of anilines is 1. The van der Waals surface area contributed by atoms with E-state index in [1.165, 1.54) is 0 Å². The Morgan fingerprint density at radius 1 is 1.03 bits per heavy atom. The standard InChI is InChI=1S/C23H17F7N4O4/c1-32(14-4-2-13(24)3-5-14)21(37)38-18-15(23(28,29)30)10-12(22(25,26)27)11-17(18)34-9-8-33(20(34)36)16-6-7-31-19(16)35/h2-5,8-11,16H,6-7H2,1H3,(H,31,35). The van der Waals surface area contributed by atoms with E-state index in [0.717, 1.165) is 48.3 Å². The van der Waals surface area contributed by atoms with Gasteiger partial charge in [0.15, 0.2) is 5.75 Å². The number of imidazole rings is 1. The molecule has 3 aromatic rings. The van der Waals surface area contributed by atoms with E-state index in [-0.39, 0.29) is 30.8 Å². The highest BCUT2D eigenvalue weighted by atomic mass is 19.4. The first-order chi connectivity index (χ1) is 17.7. The maximum atomic E-state index is 14.0. The number of rotatable bonds is 4. The van der Waals surface area contributed by atoms with Crippen LogP contribution in [0.25, 0.3) is 5.69 Å². The molecule has 2 heterocycles. The molecule has 0 spiro atoms. The predicted molar refractivity (Wildman–Crippen MR) is 118 cm³/mol. The van der Waals surface area contributed by atoms with Gasteiger partial charge in [-0.3, -0.25) is 18.8 Å². The van der Waals surface area contributed by atoms with Gasteiger partial charge in [0, 0.05) is 31.7 Å². The Labute approximate surface area is 208 Å². The minimum absolute atomic E-state index is 0.00557. The summed E-state index contributed by atoms with van der Waals surface area (Å²) in [7, 11) is 1.08. The number of ether oxygens (including phenoxy) is 1. The van der Waals surface area contributed by atoms with E-state index in [9.17, 15) is 45.1 Å². The van der Waals surface area contributed by atoms with Gasteiger partial charge in [-0.25, -0.2) is 14.0 Å². The van der Waals surface area contributed by atoms with Gasteiger partial charge in [-0.15, -0.1) is 0 Å². The zero-order valence-electron chi connectivity index (χ0n) is 19.2. The van der Waals surface area contributed by atoms with Gasteiger partial charge in [-0.05, 0) is 42.8 Å². The van der Waals surface area contributed by atoms with Crippen LogP contribution in [0, 0.1) is 5.82 Å². The quantitative estimate of drug-likeness (QED) is 0.488. The molecule has 15 heteroatoms. The molecule has 0 bridgehead atoms. The Morgan fingerprint density at radius 3 is 2.24 bits per heavy atom. The van der Waals surface area contributed by atoms with Crippen molar-refractivity contribution in [3.05, 3.63) is 76.2 Å². The molecular formula is C23H17F7N4O4. The topological polar surface area (TPSA) is 85.6 Å². The normalized spacial score (nSPS) is 15.9. The number of nitrogens with zero attached hydrogens (tertiary/aromatic N) is 3. The first-order valence-electron chi connectivity index (χ1n) is 10.8. The average molecular weight is 546 g/mol. The number of nitrogens with one attached hydrogen (secondary N) is 1. The van der Waals surface area contributed by atoms with Gasteiger partial charge in [0.2, 0.25) is 5.91 Å². The van der Waals surface area contributed by atoms with Gasteiger partial charge in [0.05, 0.1) is 11.3 Å². The highest BCUT2D eigenvalue weighted by Gasteiger charge is 2.42. The van der Waals surface area contributed by atoms with E-state index < -0.39 is 64.5 Å². The molecular weight excluding hydrogens is 529 g/mol. The molecule has 202 valence electrons. The Morgan fingerprint density at radius 2 is 1.68 bits per heavy atom. The molecule has 1 unspecified atom stereocenters. The first-order valence-corrected chi connectivity index (χ1v) is 10.8. The molecule has 1 fully saturated rings. The van der Waals surface area contributed by atoms with E-state index in [4.69, 9.17) is 4.74 Å². The average Bonchev–Trinajstić information content (AvgIpc) is 3.42. The SMILES string of the molecule is CN(C(=O)Oc1c(-n2ccn(C3CCNC3=O)c2=O)cc(C(F)(F)F)cc1C(F)(F)F)c1ccc(F)cc1. The van der Waals surface area contributed by atoms with Crippen molar-refractivity contribution in [1.29, 1.82) is 0 Å². The lowest BCUT2D eigenvalue weighted by Gasteiger charge is -2.22. The number of halogens is 7. The van der Waals surface area contributed by atoms with Crippen LogP contribution in [-0.2, 0) is 17.1 Å². The van der Waals surface area contributed by atoms with E-state index in [2.05, 4.69) is 5.32 Å². The largest absolute Gasteiger partial charge is 0.420 e. The lowest BCUT2D eigenvalue weighted by Crippen LogP contribution is -2.33. The third kappa shape index (κ3) is 5.08. The number of amides is 2. The predicted octanol–water partition coefficient (Wildman–Crippen LogP) is 4.51. The summed E-state index contributed by atoms with van der Waals surface area (Å²) < 4.78 is 102. The van der Waals surface area contributed by atoms with E-state index in [1.54, 1.807) is 0 Å². The zero-order chi connectivity index (χ0) is 28.0. The highest BCUT2D eigenvalue weighted by Crippen LogP contribution is 2.44. The molecule has 1 saturated heterocycles. The van der Waals surface area contributed by atoms with Gasteiger partial charge >= 0.3 is 24.1 Å². The fourth-order valence-electron chi connectivity index (χ4n) is 3.86.